The van der Waals surface area contributed by atoms with Gasteiger partial charge < -0.3 is 19.5 Å². The molecule has 2 rings (SSSR count). The second-order valence-electron chi connectivity index (χ2n) is 4.71. The molecule has 5 nitrogen and oxygen atoms in total. The molecule has 112 valence electrons. The van der Waals surface area contributed by atoms with Gasteiger partial charge >= 0.3 is 0 Å². The van der Waals surface area contributed by atoms with E-state index in [1.54, 1.807) is 13.2 Å². The molecule has 0 spiro atoms. The number of rotatable bonds is 5. The fraction of sp³-hybridized carbons (Fsp3) is 0.571. The monoisotopic (exact) mass is 284 g/mol. The van der Waals surface area contributed by atoms with Crippen LogP contribution in [-0.4, -0.2) is 63.6 Å². The van der Waals surface area contributed by atoms with Crippen LogP contribution in [0.2, 0.25) is 0 Å². The highest BCUT2D eigenvalue weighted by atomic mass is 19.1. The molecule has 1 heterocycles. The van der Waals surface area contributed by atoms with E-state index >= 15 is 0 Å². The lowest BCUT2D eigenvalue weighted by Crippen LogP contribution is -2.47. The van der Waals surface area contributed by atoms with Crippen molar-refractivity contribution in [3.63, 3.8) is 0 Å². The summed E-state index contributed by atoms with van der Waals surface area (Å²) in [5.74, 6) is 0.618. The van der Waals surface area contributed by atoms with Crippen LogP contribution in [0.25, 0.3) is 0 Å². The number of aliphatic hydroxyl groups excluding tert-OH is 1. The number of methoxy groups -OCH3 is 2. The van der Waals surface area contributed by atoms with E-state index in [9.17, 15) is 4.39 Å². The van der Waals surface area contributed by atoms with Crippen molar-refractivity contribution in [2.45, 2.75) is 0 Å². The Morgan fingerprint density at radius 2 is 1.70 bits per heavy atom. The zero-order valence-corrected chi connectivity index (χ0v) is 11.9. The first-order valence-corrected chi connectivity index (χ1v) is 6.69. The van der Waals surface area contributed by atoms with Crippen LogP contribution in [0.1, 0.15) is 0 Å². The molecule has 0 aromatic heterocycles. The van der Waals surface area contributed by atoms with Gasteiger partial charge in [-0.3, -0.25) is 4.90 Å². The first-order valence-electron chi connectivity index (χ1n) is 6.69. The van der Waals surface area contributed by atoms with Crippen molar-refractivity contribution < 1.29 is 19.0 Å². The Morgan fingerprint density at radius 1 is 1.10 bits per heavy atom. The minimum Gasteiger partial charge on any atom is -0.493 e. The lowest BCUT2D eigenvalue weighted by Gasteiger charge is -2.36. The number of hydrogen-bond donors (Lipinski definition) is 1. The lowest BCUT2D eigenvalue weighted by molar-refractivity contribution is 0.188. The Labute approximate surface area is 118 Å². The van der Waals surface area contributed by atoms with Crippen LogP contribution in [0.15, 0.2) is 12.1 Å². The van der Waals surface area contributed by atoms with Crippen LogP contribution >= 0.6 is 0 Å². The summed E-state index contributed by atoms with van der Waals surface area (Å²) in [5, 5.41) is 8.93. The molecule has 1 saturated heterocycles. The highest BCUT2D eigenvalue weighted by molar-refractivity contribution is 5.57. The predicted octanol–water partition coefficient (Wildman–Crippen LogP) is 0.957. The lowest BCUT2D eigenvalue weighted by atomic mass is 10.2. The Kier molecular flexibility index (Phi) is 5.03. The maximum atomic E-state index is 14.2. The molecule has 1 aromatic carbocycles. The minimum atomic E-state index is -0.307. The molecule has 1 aliphatic heterocycles. The van der Waals surface area contributed by atoms with E-state index in [2.05, 4.69) is 4.90 Å². The summed E-state index contributed by atoms with van der Waals surface area (Å²) in [6, 6.07) is 3.03. The smallest absolute Gasteiger partial charge is 0.163 e. The number of ether oxygens (including phenoxy) is 2. The van der Waals surface area contributed by atoms with E-state index in [0.717, 1.165) is 26.2 Å². The Morgan fingerprint density at radius 3 is 2.25 bits per heavy atom. The fourth-order valence-electron chi connectivity index (χ4n) is 2.44. The molecule has 6 heteroatoms. The van der Waals surface area contributed by atoms with E-state index in [1.807, 2.05) is 4.90 Å². The first kappa shape index (κ1) is 14.9. The molecule has 1 aliphatic rings. The highest BCUT2D eigenvalue weighted by Gasteiger charge is 2.21. The maximum absolute atomic E-state index is 14.2. The van der Waals surface area contributed by atoms with Crippen LogP contribution in [0.3, 0.4) is 0 Å². The van der Waals surface area contributed by atoms with Crippen molar-refractivity contribution in [2.24, 2.45) is 0 Å². The van der Waals surface area contributed by atoms with Gasteiger partial charge in [0.25, 0.3) is 0 Å². The average Bonchev–Trinajstić information content (AvgIpc) is 2.48. The Balaban J connectivity index is 2.13. The number of hydrogen-bond acceptors (Lipinski definition) is 5. The van der Waals surface area contributed by atoms with Crippen LogP contribution in [0, 0.1) is 5.82 Å². The standard InChI is InChI=1S/C14H21FN2O3/c1-19-13-9-11(15)12(10-14(13)20-2)17-5-3-16(4-6-17)7-8-18/h9-10,18H,3-8H2,1-2H3. The topological polar surface area (TPSA) is 45.2 Å². The molecule has 0 radical (unpaired) electrons. The highest BCUT2D eigenvalue weighted by Crippen LogP contribution is 2.34. The van der Waals surface area contributed by atoms with Crippen LogP contribution < -0.4 is 14.4 Å². The van der Waals surface area contributed by atoms with Gasteiger partial charge in [0.2, 0.25) is 0 Å². The van der Waals surface area contributed by atoms with Crippen LogP contribution in [0.5, 0.6) is 11.5 Å². The number of benzene rings is 1. The molecule has 0 unspecified atom stereocenters. The molecule has 0 atom stereocenters. The van der Waals surface area contributed by atoms with E-state index in [1.165, 1.54) is 13.2 Å². The molecule has 0 saturated carbocycles. The molecule has 0 amide bonds. The third-order valence-electron chi connectivity index (χ3n) is 3.58. The van der Waals surface area contributed by atoms with Gasteiger partial charge in [-0.25, -0.2) is 4.39 Å². The van der Waals surface area contributed by atoms with Gasteiger partial charge in [0.1, 0.15) is 5.82 Å². The van der Waals surface area contributed by atoms with Gasteiger partial charge in [-0.1, -0.05) is 0 Å². The van der Waals surface area contributed by atoms with Crippen molar-refractivity contribution in [3.05, 3.63) is 17.9 Å². The summed E-state index contributed by atoms with van der Waals surface area (Å²) in [6.45, 7) is 3.91. The van der Waals surface area contributed by atoms with E-state index in [-0.39, 0.29) is 12.4 Å². The SMILES string of the molecule is COc1cc(F)c(N2CCN(CCO)CC2)cc1OC. The first-order chi connectivity index (χ1) is 9.69. The molecular weight excluding hydrogens is 263 g/mol. The zero-order chi connectivity index (χ0) is 14.5. The Hall–Kier alpha value is -1.53. The second kappa shape index (κ2) is 6.76. The summed E-state index contributed by atoms with van der Waals surface area (Å²) in [4.78, 5) is 4.15. The Bertz CT molecular complexity index is 448. The molecular formula is C14H21FN2O3. The normalized spacial score (nSPS) is 16.3. The summed E-state index contributed by atoms with van der Waals surface area (Å²) in [6.07, 6.45) is 0. The van der Waals surface area contributed by atoms with Gasteiger partial charge in [0, 0.05) is 44.9 Å². The van der Waals surface area contributed by atoms with Crippen molar-refractivity contribution in [1.82, 2.24) is 4.90 Å². The van der Waals surface area contributed by atoms with Gasteiger partial charge in [0.15, 0.2) is 11.5 Å². The molecule has 20 heavy (non-hydrogen) atoms. The fourth-order valence-corrected chi connectivity index (χ4v) is 2.44. The largest absolute Gasteiger partial charge is 0.493 e. The molecule has 0 bridgehead atoms. The number of β-amino-alcohol motifs (C(OH)–C–C–N with tert-alkyl or cyclic N) is 1. The molecule has 1 N–H and O–H groups in total. The molecule has 0 aliphatic carbocycles. The van der Waals surface area contributed by atoms with Crippen LogP contribution in [-0.2, 0) is 0 Å². The average molecular weight is 284 g/mol. The van der Waals surface area contributed by atoms with Crippen molar-refractivity contribution in [1.29, 1.82) is 0 Å². The van der Waals surface area contributed by atoms with Crippen LogP contribution in [0.4, 0.5) is 10.1 Å². The summed E-state index contributed by atoms with van der Waals surface area (Å²) in [5.41, 5.74) is 0.534. The van der Waals surface area contributed by atoms with Crippen molar-refractivity contribution in [3.8, 4) is 11.5 Å². The number of nitrogens with zero attached hydrogens (tertiary/aromatic N) is 2. The van der Waals surface area contributed by atoms with Crippen molar-refractivity contribution >= 4 is 5.69 Å². The molecule has 1 fully saturated rings. The van der Waals surface area contributed by atoms with Crippen molar-refractivity contribution in [2.75, 3.05) is 58.5 Å². The van der Waals surface area contributed by atoms with E-state index in [0.29, 0.717) is 23.7 Å². The summed E-state index contributed by atoms with van der Waals surface area (Å²) >= 11 is 0. The predicted molar refractivity (Wildman–Crippen MR) is 75.2 cm³/mol. The number of piperazine rings is 1. The number of halogens is 1. The number of anilines is 1. The van der Waals surface area contributed by atoms with E-state index < -0.39 is 0 Å². The maximum Gasteiger partial charge on any atom is 0.163 e. The third-order valence-corrected chi connectivity index (χ3v) is 3.58. The summed E-state index contributed by atoms with van der Waals surface area (Å²) in [7, 11) is 3.03. The summed E-state index contributed by atoms with van der Waals surface area (Å²) < 4.78 is 24.5. The molecule has 1 aromatic rings. The van der Waals surface area contributed by atoms with Gasteiger partial charge in [-0.2, -0.15) is 0 Å². The minimum absolute atomic E-state index is 0.157. The van der Waals surface area contributed by atoms with Gasteiger partial charge in [0.05, 0.1) is 26.5 Å². The zero-order valence-electron chi connectivity index (χ0n) is 11.9. The quantitative estimate of drug-likeness (QED) is 0.872. The third kappa shape index (κ3) is 3.13. The van der Waals surface area contributed by atoms with Gasteiger partial charge in [-0.05, 0) is 0 Å². The second-order valence-corrected chi connectivity index (χ2v) is 4.71. The van der Waals surface area contributed by atoms with Gasteiger partial charge in [-0.15, -0.1) is 0 Å². The van der Waals surface area contributed by atoms with E-state index in [4.69, 9.17) is 14.6 Å². The number of aliphatic hydroxyl groups is 1.